The van der Waals surface area contributed by atoms with Crippen molar-refractivity contribution in [1.82, 2.24) is 14.5 Å². The van der Waals surface area contributed by atoms with Gasteiger partial charge in [-0.15, -0.1) is 0 Å². The molecule has 0 atom stereocenters. The van der Waals surface area contributed by atoms with Crippen LogP contribution in [0.15, 0.2) is 77.6 Å². The number of ether oxygens (including phenoxy) is 1. The molecule has 3 aromatic carbocycles. The number of carbonyl (C=O) groups is 1. The number of hydrogen-bond acceptors (Lipinski definition) is 5. The summed E-state index contributed by atoms with van der Waals surface area (Å²) >= 11 is 5.75. The number of alkyl halides is 3. The van der Waals surface area contributed by atoms with Gasteiger partial charge in [-0.3, -0.25) is 4.79 Å². The van der Waals surface area contributed by atoms with Gasteiger partial charge in [-0.1, -0.05) is 41.9 Å². The first kappa shape index (κ1) is 28.0. The van der Waals surface area contributed by atoms with E-state index in [1.165, 1.54) is 15.5 Å². The Hall–Kier alpha value is -4.51. The van der Waals surface area contributed by atoms with E-state index in [-0.39, 0.29) is 35.7 Å². The maximum Gasteiger partial charge on any atom is 0.418 e. The lowest BCUT2D eigenvalue weighted by Gasteiger charge is -2.29. The normalized spacial score (nSPS) is 13.0. The zero-order chi connectivity index (χ0) is 29.1. The molecule has 0 saturated carbocycles. The summed E-state index contributed by atoms with van der Waals surface area (Å²) in [5.74, 6) is 1.06. The Morgan fingerprint density at radius 1 is 1.07 bits per heavy atom. The molecule has 0 spiro atoms. The number of fused-ring (bicyclic) bond motifs is 1. The maximum absolute atomic E-state index is 13.8. The molecule has 4 aromatic rings. The zero-order valence-corrected chi connectivity index (χ0v) is 22.6. The molecule has 0 unspecified atom stereocenters. The van der Waals surface area contributed by atoms with Crippen molar-refractivity contribution in [2.75, 3.05) is 24.3 Å². The fourth-order valence-corrected chi connectivity index (χ4v) is 4.74. The SMILES string of the molecule is COc1ccc(CNc2nc3c(c(=O)n2-c2ccccc2)CN(C(=O)Nc2ccc(Cl)cc2C(F)(F)F)CC3)cc1. The third-order valence-electron chi connectivity index (χ3n) is 6.67. The lowest BCUT2D eigenvalue weighted by molar-refractivity contribution is -0.136. The number of amides is 2. The highest BCUT2D eigenvalue weighted by Crippen LogP contribution is 2.36. The van der Waals surface area contributed by atoms with Gasteiger partial charge in [-0.05, 0) is 48.0 Å². The average molecular weight is 584 g/mol. The van der Waals surface area contributed by atoms with E-state index < -0.39 is 23.5 Å². The van der Waals surface area contributed by atoms with Gasteiger partial charge in [-0.25, -0.2) is 14.3 Å². The van der Waals surface area contributed by atoms with E-state index in [9.17, 15) is 22.8 Å². The van der Waals surface area contributed by atoms with Crippen molar-refractivity contribution in [1.29, 1.82) is 0 Å². The van der Waals surface area contributed by atoms with E-state index >= 15 is 0 Å². The van der Waals surface area contributed by atoms with Crippen molar-refractivity contribution in [2.45, 2.75) is 25.7 Å². The number of halogens is 4. The first-order chi connectivity index (χ1) is 19.6. The monoisotopic (exact) mass is 583 g/mol. The Morgan fingerprint density at radius 2 is 1.80 bits per heavy atom. The first-order valence-electron chi connectivity index (χ1n) is 12.6. The van der Waals surface area contributed by atoms with Crippen LogP contribution in [-0.4, -0.2) is 34.1 Å². The van der Waals surface area contributed by atoms with E-state index in [0.29, 0.717) is 23.9 Å². The van der Waals surface area contributed by atoms with Gasteiger partial charge in [0, 0.05) is 24.5 Å². The van der Waals surface area contributed by atoms with Gasteiger partial charge in [0.25, 0.3) is 5.56 Å². The van der Waals surface area contributed by atoms with Crippen molar-refractivity contribution in [3.63, 3.8) is 0 Å². The number of aromatic nitrogens is 2. The Balaban J connectivity index is 1.43. The Bertz CT molecular complexity index is 1630. The number of hydrogen-bond donors (Lipinski definition) is 2. The number of rotatable bonds is 6. The summed E-state index contributed by atoms with van der Waals surface area (Å²) in [5, 5.41) is 5.47. The quantitative estimate of drug-likeness (QED) is 0.286. The van der Waals surface area contributed by atoms with Gasteiger partial charge >= 0.3 is 12.2 Å². The summed E-state index contributed by atoms with van der Waals surface area (Å²) in [6, 6.07) is 18.8. The highest BCUT2D eigenvalue weighted by atomic mass is 35.5. The summed E-state index contributed by atoms with van der Waals surface area (Å²) in [5.41, 5.74) is 0.469. The minimum atomic E-state index is -4.72. The Kier molecular flexibility index (Phi) is 7.89. The number of urea groups is 1. The van der Waals surface area contributed by atoms with Gasteiger partial charge in [0.05, 0.1) is 41.9 Å². The number of methoxy groups -OCH3 is 1. The highest BCUT2D eigenvalue weighted by molar-refractivity contribution is 6.30. The van der Waals surface area contributed by atoms with Gasteiger partial charge < -0.3 is 20.3 Å². The number of anilines is 2. The average Bonchev–Trinajstić information content (AvgIpc) is 2.97. The molecule has 2 N–H and O–H groups in total. The van der Waals surface area contributed by atoms with Crippen LogP contribution in [0.4, 0.5) is 29.6 Å². The zero-order valence-electron chi connectivity index (χ0n) is 21.8. The van der Waals surface area contributed by atoms with Gasteiger partial charge in [0.1, 0.15) is 5.75 Å². The van der Waals surface area contributed by atoms with E-state index in [2.05, 4.69) is 10.6 Å². The van der Waals surface area contributed by atoms with Crippen LogP contribution in [0.3, 0.4) is 0 Å². The predicted octanol–water partition coefficient (Wildman–Crippen LogP) is 6.12. The largest absolute Gasteiger partial charge is 0.497 e. The van der Waals surface area contributed by atoms with Crippen LogP contribution in [0.25, 0.3) is 5.69 Å². The first-order valence-corrected chi connectivity index (χ1v) is 13.0. The van der Waals surface area contributed by atoms with Gasteiger partial charge in [0.15, 0.2) is 0 Å². The van der Waals surface area contributed by atoms with Crippen molar-refractivity contribution in [3.8, 4) is 11.4 Å². The lowest BCUT2D eigenvalue weighted by atomic mass is 10.1. The van der Waals surface area contributed by atoms with Crippen LogP contribution in [-0.2, 0) is 25.7 Å². The minimum absolute atomic E-state index is 0.105. The smallest absolute Gasteiger partial charge is 0.418 e. The molecule has 5 rings (SSSR count). The van der Waals surface area contributed by atoms with Gasteiger partial charge in [0.2, 0.25) is 5.95 Å². The fourth-order valence-electron chi connectivity index (χ4n) is 4.56. The van der Waals surface area contributed by atoms with Crippen LogP contribution < -0.4 is 20.9 Å². The molecule has 0 fully saturated rings. The molecule has 0 bridgehead atoms. The minimum Gasteiger partial charge on any atom is -0.497 e. The molecule has 0 radical (unpaired) electrons. The molecule has 0 aliphatic carbocycles. The van der Waals surface area contributed by atoms with E-state index in [1.807, 2.05) is 30.3 Å². The summed E-state index contributed by atoms with van der Waals surface area (Å²) in [7, 11) is 1.59. The Labute approximate surface area is 238 Å². The van der Waals surface area contributed by atoms with E-state index in [1.54, 1.807) is 31.4 Å². The van der Waals surface area contributed by atoms with E-state index in [4.69, 9.17) is 21.3 Å². The molecule has 1 aromatic heterocycles. The van der Waals surface area contributed by atoms with Crippen LogP contribution in [0.5, 0.6) is 5.75 Å². The molecule has 1 aliphatic heterocycles. The topological polar surface area (TPSA) is 88.5 Å². The molecule has 0 saturated heterocycles. The van der Waals surface area contributed by atoms with Crippen molar-refractivity contribution in [3.05, 3.63) is 111 Å². The number of nitrogens with zero attached hydrogens (tertiary/aromatic N) is 3. The number of benzene rings is 3. The van der Waals surface area contributed by atoms with E-state index in [0.717, 1.165) is 23.4 Å². The number of para-hydroxylation sites is 1. The molecule has 2 heterocycles. The molecule has 41 heavy (non-hydrogen) atoms. The molecular formula is C29H25ClF3N5O3. The summed E-state index contributed by atoms with van der Waals surface area (Å²) in [6.45, 7) is 0.431. The van der Waals surface area contributed by atoms with Crippen LogP contribution in [0, 0.1) is 0 Å². The summed E-state index contributed by atoms with van der Waals surface area (Å²) in [4.78, 5) is 32.9. The fraction of sp³-hybridized carbons (Fsp3) is 0.207. The number of carbonyl (C=O) groups excluding carboxylic acids is 1. The third-order valence-corrected chi connectivity index (χ3v) is 6.90. The second kappa shape index (κ2) is 11.5. The maximum atomic E-state index is 13.8. The van der Waals surface area contributed by atoms with Crippen LogP contribution in [0.2, 0.25) is 5.02 Å². The highest BCUT2D eigenvalue weighted by Gasteiger charge is 2.35. The number of nitrogens with one attached hydrogen (secondary N) is 2. The van der Waals surface area contributed by atoms with Crippen molar-refractivity contribution < 1.29 is 22.7 Å². The molecule has 212 valence electrons. The standard InChI is InChI=1S/C29H25ClF3N5O3/c1-41-21-10-7-18(8-11-21)16-34-27-35-24-13-14-37(17-22(24)26(39)38(27)20-5-3-2-4-6-20)28(40)36-25-12-9-19(30)15-23(25)29(31,32)33/h2-12,15H,13-14,16-17H2,1H3,(H,34,35)(H,36,40). The Morgan fingerprint density at radius 3 is 2.49 bits per heavy atom. The lowest BCUT2D eigenvalue weighted by Crippen LogP contribution is -2.43. The summed E-state index contributed by atoms with van der Waals surface area (Å²) < 4.78 is 47.2. The molecule has 2 amide bonds. The molecular weight excluding hydrogens is 559 g/mol. The third kappa shape index (κ3) is 6.14. The van der Waals surface area contributed by atoms with Gasteiger partial charge in [-0.2, -0.15) is 13.2 Å². The van der Waals surface area contributed by atoms with Crippen molar-refractivity contribution >= 4 is 29.3 Å². The van der Waals surface area contributed by atoms with Crippen LogP contribution in [0.1, 0.15) is 22.4 Å². The van der Waals surface area contributed by atoms with Crippen LogP contribution >= 0.6 is 11.6 Å². The van der Waals surface area contributed by atoms with Crippen molar-refractivity contribution in [2.24, 2.45) is 0 Å². The molecule has 1 aliphatic rings. The second-order valence-corrected chi connectivity index (χ2v) is 9.76. The summed E-state index contributed by atoms with van der Waals surface area (Å²) in [6.07, 6.45) is -4.47. The second-order valence-electron chi connectivity index (χ2n) is 9.33. The molecule has 12 heteroatoms. The molecule has 8 nitrogen and oxygen atoms in total. The predicted molar refractivity (Wildman–Crippen MR) is 150 cm³/mol.